The molecule has 138 valence electrons. The summed E-state index contributed by atoms with van der Waals surface area (Å²) < 4.78 is 26.6. The van der Waals surface area contributed by atoms with Crippen LogP contribution in [0, 0.1) is 23.5 Å². The summed E-state index contributed by atoms with van der Waals surface area (Å²) in [6, 6.07) is 4.41. The molecule has 0 N–H and O–H groups in total. The summed E-state index contributed by atoms with van der Waals surface area (Å²) in [7, 11) is 0. The van der Waals surface area contributed by atoms with Gasteiger partial charge in [0.2, 0.25) is 0 Å². The smallest absolute Gasteiger partial charge is 0.159 e. The van der Waals surface area contributed by atoms with Crippen molar-refractivity contribution < 1.29 is 8.78 Å². The number of rotatable bonds is 6. The molecule has 0 saturated heterocycles. The molecule has 0 nitrogen and oxygen atoms in total. The number of hydrogen-bond acceptors (Lipinski definition) is 0. The van der Waals surface area contributed by atoms with Crippen LogP contribution in [0.4, 0.5) is 8.78 Å². The van der Waals surface area contributed by atoms with Gasteiger partial charge in [0.05, 0.1) is 0 Å². The zero-order valence-corrected chi connectivity index (χ0v) is 15.6. The summed E-state index contributed by atoms with van der Waals surface area (Å²) >= 11 is 0. The number of unbranched alkanes of at least 4 members (excludes halogenated alkanes) is 2. The molecule has 1 aromatic rings. The van der Waals surface area contributed by atoms with Crippen LogP contribution in [0.3, 0.4) is 0 Å². The van der Waals surface area contributed by atoms with Gasteiger partial charge in [0.15, 0.2) is 11.6 Å². The van der Waals surface area contributed by atoms with Gasteiger partial charge in [-0.05, 0) is 80.4 Å². The minimum Gasteiger partial charge on any atom is -0.204 e. The summed E-state index contributed by atoms with van der Waals surface area (Å²) in [4.78, 5) is 0. The molecule has 3 rings (SSSR count). The average molecular weight is 347 g/mol. The van der Waals surface area contributed by atoms with Gasteiger partial charge in [-0.25, -0.2) is 8.78 Å². The minimum absolute atomic E-state index is 0.351. The van der Waals surface area contributed by atoms with E-state index >= 15 is 0 Å². The standard InChI is InChI=1S/C23H32F2/c1-2-3-4-5-17-6-8-18(9-7-17)19-10-12-20(13-11-19)21-14-15-22(24)23(25)16-21/h10,14-18,20H,2-9,11-13H2,1H3/t17-,18-,20?. The highest BCUT2D eigenvalue weighted by Gasteiger charge is 2.26. The van der Waals surface area contributed by atoms with Crippen molar-refractivity contribution in [2.24, 2.45) is 11.8 Å². The molecule has 0 amide bonds. The lowest BCUT2D eigenvalue weighted by Crippen LogP contribution is -2.18. The van der Waals surface area contributed by atoms with Crippen LogP contribution in [-0.4, -0.2) is 0 Å². The average Bonchev–Trinajstić information content (AvgIpc) is 2.65. The Balaban J connectivity index is 1.49. The van der Waals surface area contributed by atoms with Crippen LogP contribution in [-0.2, 0) is 0 Å². The number of benzene rings is 1. The third kappa shape index (κ3) is 4.92. The topological polar surface area (TPSA) is 0 Å². The van der Waals surface area contributed by atoms with Crippen molar-refractivity contribution in [1.29, 1.82) is 0 Å². The number of hydrogen-bond donors (Lipinski definition) is 0. The molecule has 1 fully saturated rings. The normalized spacial score (nSPS) is 27.2. The predicted molar refractivity (Wildman–Crippen MR) is 101 cm³/mol. The Morgan fingerprint density at radius 2 is 1.72 bits per heavy atom. The van der Waals surface area contributed by atoms with Gasteiger partial charge in [-0.2, -0.15) is 0 Å². The van der Waals surface area contributed by atoms with Crippen molar-refractivity contribution in [1.82, 2.24) is 0 Å². The first-order chi connectivity index (χ1) is 12.2. The monoisotopic (exact) mass is 346 g/mol. The largest absolute Gasteiger partial charge is 0.204 e. The van der Waals surface area contributed by atoms with Gasteiger partial charge in [-0.3, -0.25) is 0 Å². The van der Waals surface area contributed by atoms with E-state index in [1.165, 1.54) is 63.5 Å². The van der Waals surface area contributed by atoms with Gasteiger partial charge in [0.1, 0.15) is 0 Å². The zero-order valence-electron chi connectivity index (χ0n) is 15.6. The molecule has 0 heterocycles. The summed E-state index contributed by atoms with van der Waals surface area (Å²) in [5.41, 5.74) is 2.60. The van der Waals surface area contributed by atoms with Crippen molar-refractivity contribution in [2.75, 3.05) is 0 Å². The Labute approximate surface area is 151 Å². The second-order valence-electron chi connectivity index (χ2n) is 8.14. The molecule has 1 saturated carbocycles. The highest BCUT2D eigenvalue weighted by atomic mass is 19.2. The van der Waals surface area contributed by atoms with Gasteiger partial charge in [-0.15, -0.1) is 0 Å². The number of halogens is 2. The molecule has 0 aliphatic heterocycles. The Morgan fingerprint density at radius 1 is 0.920 bits per heavy atom. The Kier molecular flexibility index (Phi) is 6.67. The molecule has 1 aromatic carbocycles. The predicted octanol–water partition coefficient (Wildman–Crippen LogP) is 7.55. The molecule has 2 aliphatic carbocycles. The lowest BCUT2D eigenvalue weighted by atomic mass is 9.73. The summed E-state index contributed by atoms with van der Waals surface area (Å²) in [6.07, 6.45) is 16.7. The van der Waals surface area contributed by atoms with Crippen LogP contribution < -0.4 is 0 Å². The second kappa shape index (κ2) is 8.96. The zero-order chi connectivity index (χ0) is 17.6. The Bertz CT molecular complexity index is 582. The van der Waals surface area contributed by atoms with Gasteiger partial charge in [-0.1, -0.05) is 50.3 Å². The summed E-state index contributed by atoms with van der Waals surface area (Å²) in [6.45, 7) is 2.28. The van der Waals surface area contributed by atoms with Crippen molar-refractivity contribution in [3.8, 4) is 0 Å². The van der Waals surface area contributed by atoms with Gasteiger partial charge in [0.25, 0.3) is 0 Å². The molecule has 2 heteroatoms. The third-order valence-corrected chi connectivity index (χ3v) is 6.45. The summed E-state index contributed by atoms with van der Waals surface area (Å²) in [5, 5.41) is 0. The van der Waals surface area contributed by atoms with Gasteiger partial charge in [0, 0.05) is 0 Å². The molecular formula is C23H32F2. The van der Waals surface area contributed by atoms with Crippen molar-refractivity contribution in [2.45, 2.75) is 83.5 Å². The molecule has 1 atom stereocenters. The van der Waals surface area contributed by atoms with Crippen LogP contribution in [0.15, 0.2) is 29.8 Å². The maximum atomic E-state index is 13.5. The molecule has 0 spiro atoms. The SMILES string of the molecule is CCCCC[C@H]1CC[C@H](C2=CCC(c3ccc(F)c(F)c3)CC2)CC1. The van der Waals surface area contributed by atoms with E-state index in [2.05, 4.69) is 13.0 Å². The molecular weight excluding hydrogens is 314 g/mol. The maximum Gasteiger partial charge on any atom is 0.159 e. The van der Waals surface area contributed by atoms with E-state index < -0.39 is 11.6 Å². The van der Waals surface area contributed by atoms with Crippen LogP contribution in [0.25, 0.3) is 0 Å². The van der Waals surface area contributed by atoms with E-state index in [9.17, 15) is 8.78 Å². The van der Waals surface area contributed by atoms with Gasteiger partial charge >= 0.3 is 0 Å². The molecule has 0 radical (unpaired) electrons. The summed E-state index contributed by atoms with van der Waals surface area (Å²) in [5.74, 6) is 0.639. The fourth-order valence-corrected chi connectivity index (χ4v) is 4.80. The van der Waals surface area contributed by atoms with Crippen LogP contribution >= 0.6 is 0 Å². The van der Waals surface area contributed by atoms with E-state index in [-0.39, 0.29) is 0 Å². The van der Waals surface area contributed by atoms with E-state index in [1.54, 1.807) is 11.6 Å². The number of allylic oxidation sites excluding steroid dienone is 2. The van der Waals surface area contributed by atoms with E-state index in [1.807, 2.05) is 0 Å². The second-order valence-corrected chi connectivity index (χ2v) is 8.14. The highest BCUT2D eigenvalue weighted by Crippen LogP contribution is 2.41. The first-order valence-corrected chi connectivity index (χ1v) is 10.3. The Hall–Kier alpha value is -1.18. The van der Waals surface area contributed by atoms with Crippen molar-refractivity contribution >= 4 is 0 Å². The van der Waals surface area contributed by atoms with Crippen LogP contribution in [0.1, 0.15) is 89.0 Å². The first-order valence-electron chi connectivity index (χ1n) is 10.3. The van der Waals surface area contributed by atoms with Crippen molar-refractivity contribution in [3.63, 3.8) is 0 Å². The fourth-order valence-electron chi connectivity index (χ4n) is 4.80. The lowest BCUT2D eigenvalue weighted by molar-refractivity contribution is 0.275. The fraction of sp³-hybridized carbons (Fsp3) is 0.652. The van der Waals surface area contributed by atoms with E-state index in [4.69, 9.17) is 0 Å². The Morgan fingerprint density at radius 3 is 2.36 bits per heavy atom. The molecule has 0 bridgehead atoms. The molecule has 25 heavy (non-hydrogen) atoms. The van der Waals surface area contributed by atoms with E-state index in [0.717, 1.165) is 36.7 Å². The van der Waals surface area contributed by atoms with Gasteiger partial charge < -0.3 is 0 Å². The third-order valence-electron chi connectivity index (χ3n) is 6.45. The minimum atomic E-state index is -0.744. The molecule has 0 aromatic heterocycles. The lowest BCUT2D eigenvalue weighted by Gasteiger charge is -2.33. The highest BCUT2D eigenvalue weighted by molar-refractivity contribution is 5.25. The maximum absolute atomic E-state index is 13.5. The van der Waals surface area contributed by atoms with E-state index in [0.29, 0.717) is 5.92 Å². The van der Waals surface area contributed by atoms with Crippen LogP contribution in [0.5, 0.6) is 0 Å². The quantitative estimate of drug-likeness (QED) is 0.368. The molecule has 1 unspecified atom stereocenters. The first kappa shape index (κ1) is 18.6. The van der Waals surface area contributed by atoms with Crippen molar-refractivity contribution in [3.05, 3.63) is 47.0 Å². The molecule has 2 aliphatic rings. The van der Waals surface area contributed by atoms with Crippen LogP contribution in [0.2, 0.25) is 0 Å².